The second kappa shape index (κ2) is 11.3. The molecule has 0 radical (unpaired) electrons. The third-order valence-corrected chi connectivity index (χ3v) is 8.52. The van der Waals surface area contributed by atoms with Gasteiger partial charge in [-0.3, -0.25) is 9.59 Å². The molecule has 2 atom stereocenters. The molecule has 8 nitrogen and oxygen atoms in total. The Morgan fingerprint density at radius 1 is 1.10 bits per heavy atom. The van der Waals surface area contributed by atoms with Crippen LogP contribution in [0.3, 0.4) is 0 Å². The van der Waals surface area contributed by atoms with Crippen molar-refractivity contribution >= 4 is 23.2 Å². The third-order valence-electron chi connectivity index (χ3n) is 7.52. The summed E-state index contributed by atoms with van der Waals surface area (Å²) in [5.41, 5.74) is 2.75. The minimum Gasteiger partial charge on any atom is -0.491 e. The number of hydrogen-bond donors (Lipinski definition) is 0. The highest BCUT2D eigenvalue weighted by atomic mass is 32.1. The van der Waals surface area contributed by atoms with Crippen LogP contribution in [-0.4, -0.2) is 67.4 Å². The maximum atomic E-state index is 13.9. The molecule has 0 saturated carbocycles. The maximum Gasteiger partial charge on any atom is 0.254 e. The molecular formula is C30H32N2O6S. The lowest BCUT2D eigenvalue weighted by molar-refractivity contribution is -0.135. The number of hydrogen-bond acceptors (Lipinski definition) is 7. The first kappa shape index (κ1) is 25.7. The van der Waals surface area contributed by atoms with Gasteiger partial charge in [-0.2, -0.15) is 0 Å². The number of amides is 2. The monoisotopic (exact) mass is 548 g/mol. The molecule has 6 rings (SSSR count). The van der Waals surface area contributed by atoms with Gasteiger partial charge in [-0.25, -0.2) is 0 Å². The average Bonchev–Trinajstić information content (AvgIpc) is 3.73. The minimum atomic E-state index is -0.224. The summed E-state index contributed by atoms with van der Waals surface area (Å²) in [4.78, 5) is 32.4. The van der Waals surface area contributed by atoms with E-state index in [4.69, 9.17) is 18.9 Å². The molecule has 3 aromatic rings. The lowest BCUT2D eigenvalue weighted by Gasteiger charge is -2.37. The number of carbonyl (C=O) groups excluding carboxylic acids is 2. The standard InChI is InChI=1S/C30H32N2O6S/c1-20-4-7-22(8-5-20)36-18-25-24-11-14-39-28(24)10-12-32(25)29(33)17-31(16-23-3-2-13-35-23)30(34)21-6-9-26-27(15-21)38-19-37-26/h4-9,11,14-15,23,25H,2-3,10,12-13,16-19H2,1H3/t23-,25-/m0/s1. The van der Waals surface area contributed by atoms with Crippen molar-refractivity contribution in [2.24, 2.45) is 0 Å². The zero-order chi connectivity index (χ0) is 26.8. The van der Waals surface area contributed by atoms with Crippen LogP contribution in [-0.2, 0) is 16.0 Å². The van der Waals surface area contributed by atoms with Crippen LogP contribution in [0.4, 0.5) is 0 Å². The number of aryl methyl sites for hydroxylation is 1. The summed E-state index contributed by atoms with van der Waals surface area (Å²) in [6.07, 6.45) is 2.53. The first-order valence-corrected chi connectivity index (χ1v) is 14.3. The molecule has 0 unspecified atom stereocenters. The van der Waals surface area contributed by atoms with Gasteiger partial charge in [-0.15, -0.1) is 11.3 Å². The predicted molar refractivity (Wildman–Crippen MR) is 147 cm³/mol. The van der Waals surface area contributed by atoms with Gasteiger partial charge in [0.25, 0.3) is 5.91 Å². The highest BCUT2D eigenvalue weighted by molar-refractivity contribution is 7.10. The summed E-state index contributed by atoms with van der Waals surface area (Å²) in [6.45, 7) is 4.11. The summed E-state index contributed by atoms with van der Waals surface area (Å²) in [7, 11) is 0. The Hall–Kier alpha value is -3.56. The first-order valence-electron chi connectivity index (χ1n) is 13.4. The van der Waals surface area contributed by atoms with E-state index in [1.54, 1.807) is 34.4 Å². The van der Waals surface area contributed by atoms with Gasteiger partial charge in [0.15, 0.2) is 11.5 Å². The number of thiophene rings is 1. The molecule has 0 spiro atoms. The Bertz CT molecular complexity index is 1330. The predicted octanol–water partition coefficient (Wildman–Crippen LogP) is 4.61. The fourth-order valence-electron chi connectivity index (χ4n) is 5.40. The Labute approximate surface area is 232 Å². The van der Waals surface area contributed by atoms with Crippen LogP contribution in [0.5, 0.6) is 17.2 Å². The van der Waals surface area contributed by atoms with E-state index in [-0.39, 0.29) is 37.3 Å². The molecule has 4 heterocycles. The van der Waals surface area contributed by atoms with Crippen LogP contribution in [0.1, 0.15) is 45.2 Å². The van der Waals surface area contributed by atoms with Crippen molar-refractivity contribution in [2.45, 2.75) is 38.3 Å². The summed E-state index contributed by atoms with van der Waals surface area (Å²) >= 11 is 1.72. The maximum absolute atomic E-state index is 13.9. The van der Waals surface area contributed by atoms with E-state index in [1.807, 2.05) is 36.1 Å². The molecule has 1 saturated heterocycles. The molecule has 204 valence electrons. The Morgan fingerprint density at radius 3 is 2.77 bits per heavy atom. The fraction of sp³-hybridized carbons (Fsp3) is 0.400. The van der Waals surface area contributed by atoms with Crippen LogP contribution < -0.4 is 14.2 Å². The zero-order valence-electron chi connectivity index (χ0n) is 22.0. The van der Waals surface area contributed by atoms with E-state index >= 15 is 0 Å². The van der Waals surface area contributed by atoms with Crippen molar-refractivity contribution < 1.29 is 28.5 Å². The summed E-state index contributed by atoms with van der Waals surface area (Å²) in [5.74, 6) is 1.60. The van der Waals surface area contributed by atoms with E-state index < -0.39 is 0 Å². The number of nitrogens with zero attached hydrogens (tertiary/aromatic N) is 2. The highest BCUT2D eigenvalue weighted by Gasteiger charge is 2.35. The van der Waals surface area contributed by atoms with Crippen molar-refractivity contribution in [1.82, 2.24) is 9.80 Å². The Balaban J connectivity index is 1.21. The fourth-order valence-corrected chi connectivity index (χ4v) is 6.33. The molecule has 0 bridgehead atoms. The van der Waals surface area contributed by atoms with E-state index in [1.165, 1.54) is 4.88 Å². The Morgan fingerprint density at radius 2 is 1.95 bits per heavy atom. The van der Waals surface area contributed by atoms with Gasteiger partial charge >= 0.3 is 0 Å². The lowest BCUT2D eigenvalue weighted by atomic mass is 10.00. The number of fused-ring (bicyclic) bond motifs is 2. The topological polar surface area (TPSA) is 77.5 Å². The van der Waals surface area contributed by atoms with Crippen molar-refractivity contribution in [3.63, 3.8) is 0 Å². The van der Waals surface area contributed by atoms with E-state index in [9.17, 15) is 9.59 Å². The molecule has 3 aliphatic heterocycles. The molecule has 0 aliphatic carbocycles. The van der Waals surface area contributed by atoms with Crippen LogP contribution in [0, 0.1) is 6.92 Å². The number of benzene rings is 2. The van der Waals surface area contributed by atoms with Crippen molar-refractivity contribution in [3.05, 3.63) is 75.5 Å². The quantitative estimate of drug-likeness (QED) is 0.409. The molecule has 9 heteroatoms. The molecule has 0 N–H and O–H groups in total. The SMILES string of the molecule is Cc1ccc(OC[C@H]2c3ccsc3CCN2C(=O)CN(C[C@@H]2CCCO2)C(=O)c2ccc3c(c2)OCO3)cc1. The van der Waals surface area contributed by atoms with Crippen molar-refractivity contribution in [1.29, 1.82) is 0 Å². The first-order chi connectivity index (χ1) is 19.0. The van der Waals surface area contributed by atoms with E-state index in [0.29, 0.717) is 43.4 Å². The van der Waals surface area contributed by atoms with Gasteiger partial charge in [0.2, 0.25) is 12.7 Å². The van der Waals surface area contributed by atoms with E-state index in [0.717, 1.165) is 36.1 Å². The van der Waals surface area contributed by atoms with Crippen LogP contribution in [0.15, 0.2) is 53.9 Å². The molecule has 39 heavy (non-hydrogen) atoms. The normalized spacial score (nSPS) is 19.6. The Kier molecular flexibility index (Phi) is 7.43. The van der Waals surface area contributed by atoms with Gasteiger partial charge < -0.3 is 28.7 Å². The number of ether oxygens (including phenoxy) is 4. The summed E-state index contributed by atoms with van der Waals surface area (Å²) in [6, 6.07) is 14.9. The zero-order valence-corrected chi connectivity index (χ0v) is 22.8. The molecule has 2 aromatic carbocycles. The molecule has 2 amide bonds. The van der Waals surface area contributed by atoms with Gasteiger partial charge in [-0.05, 0) is 73.5 Å². The van der Waals surface area contributed by atoms with Gasteiger partial charge in [-0.1, -0.05) is 17.7 Å². The van der Waals surface area contributed by atoms with Gasteiger partial charge in [0.05, 0.1) is 12.1 Å². The third kappa shape index (κ3) is 5.60. The summed E-state index contributed by atoms with van der Waals surface area (Å²) in [5, 5.41) is 2.07. The van der Waals surface area contributed by atoms with Crippen LogP contribution in [0.25, 0.3) is 0 Å². The second-order valence-electron chi connectivity index (χ2n) is 10.2. The average molecular weight is 549 g/mol. The minimum absolute atomic E-state index is 0.0341. The van der Waals surface area contributed by atoms with Crippen molar-refractivity contribution in [2.75, 3.05) is 39.6 Å². The van der Waals surface area contributed by atoms with Gasteiger partial charge in [0, 0.05) is 30.1 Å². The van der Waals surface area contributed by atoms with Gasteiger partial charge in [0.1, 0.15) is 18.9 Å². The largest absolute Gasteiger partial charge is 0.491 e. The molecule has 1 fully saturated rings. The van der Waals surface area contributed by atoms with E-state index in [2.05, 4.69) is 11.4 Å². The number of carbonyl (C=O) groups is 2. The smallest absolute Gasteiger partial charge is 0.254 e. The molecular weight excluding hydrogens is 516 g/mol. The molecule has 1 aromatic heterocycles. The van der Waals surface area contributed by atoms with Crippen LogP contribution in [0.2, 0.25) is 0 Å². The molecule has 3 aliphatic rings. The second-order valence-corrected chi connectivity index (χ2v) is 11.2. The highest BCUT2D eigenvalue weighted by Crippen LogP contribution is 2.35. The number of rotatable bonds is 8. The summed E-state index contributed by atoms with van der Waals surface area (Å²) < 4.78 is 22.9. The van der Waals surface area contributed by atoms with Crippen LogP contribution >= 0.6 is 11.3 Å². The lowest BCUT2D eigenvalue weighted by Crippen LogP contribution is -2.49. The van der Waals surface area contributed by atoms with Crippen molar-refractivity contribution in [3.8, 4) is 17.2 Å².